The summed E-state index contributed by atoms with van der Waals surface area (Å²) < 4.78 is 10.5. The lowest BCUT2D eigenvalue weighted by atomic mass is 10.1. The van der Waals surface area contributed by atoms with Crippen molar-refractivity contribution in [3.05, 3.63) is 34.3 Å². The van der Waals surface area contributed by atoms with Gasteiger partial charge in [0.25, 0.3) is 11.8 Å². The second kappa shape index (κ2) is 4.56. The van der Waals surface area contributed by atoms with Crippen LogP contribution in [0.3, 0.4) is 0 Å². The molecule has 0 aliphatic rings. The first-order valence-corrected chi connectivity index (χ1v) is 6.06. The highest BCUT2D eigenvalue weighted by Crippen LogP contribution is 2.22. The molecule has 2 aromatic heterocycles. The summed E-state index contributed by atoms with van der Waals surface area (Å²) in [5.41, 5.74) is -0.339. The second-order valence-electron chi connectivity index (χ2n) is 4.33. The molecule has 7 heteroatoms. The van der Waals surface area contributed by atoms with Gasteiger partial charge in [-0.1, -0.05) is 5.16 Å². The lowest BCUT2D eigenvalue weighted by molar-refractivity contribution is 0.0893. The van der Waals surface area contributed by atoms with Crippen molar-refractivity contribution in [1.29, 1.82) is 0 Å². The van der Waals surface area contributed by atoms with Crippen molar-refractivity contribution < 1.29 is 13.7 Å². The molecule has 2 rings (SSSR count). The zero-order valence-corrected chi connectivity index (χ0v) is 11.7. The van der Waals surface area contributed by atoms with Crippen molar-refractivity contribution in [2.45, 2.75) is 26.3 Å². The SMILES string of the molecule is Cc1noc(C(C)(C)NC(=O)c2ccoc2Br)n1. The number of hydrogen-bond acceptors (Lipinski definition) is 5. The Labute approximate surface area is 112 Å². The molecule has 1 amide bonds. The van der Waals surface area contributed by atoms with E-state index in [4.69, 9.17) is 8.94 Å². The van der Waals surface area contributed by atoms with Crippen LogP contribution in [-0.4, -0.2) is 16.0 Å². The summed E-state index contributed by atoms with van der Waals surface area (Å²) in [4.78, 5) is 16.1. The van der Waals surface area contributed by atoms with Crippen LogP contribution < -0.4 is 5.32 Å². The molecule has 0 spiro atoms. The van der Waals surface area contributed by atoms with Crippen molar-refractivity contribution >= 4 is 21.8 Å². The van der Waals surface area contributed by atoms with E-state index in [1.165, 1.54) is 6.26 Å². The lowest BCUT2D eigenvalue weighted by Crippen LogP contribution is -2.41. The van der Waals surface area contributed by atoms with E-state index < -0.39 is 5.54 Å². The number of rotatable bonds is 3. The van der Waals surface area contributed by atoms with Crippen molar-refractivity contribution in [3.8, 4) is 0 Å². The van der Waals surface area contributed by atoms with Gasteiger partial charge >= 0.3 is 0 Å². The Morgan fingerprint density at radius 3 is 2.72 bits per heavy atom. The molecule has 18 heavy (non-hydrogen) atoms. The highest BCUT2D eigenvalue weighted by Gasteiger charge is 2.30. The molecule has 6 nitrogen and oxygen atoms in total. The average molecular weight is 314 g/mol. The maximum atomic E-state index is 12.0. The van der Waals surface area contributed by atoms with Gasteiger partial charge in [-0.15, -0.1) is 0 Å². The first-order valence-electron chi connectivity index (χ1n) is 5.26. The molecular weight excluding hydrogens is 302 g/mol. The van der Waals surface area contributed by atoms with Gasteiger partial charge in [-0.25, -0.2) is 0 Å². The van der Waals surface area contributed by atoms with Gasteiger partial charge in [-0.05, 0) is 42.8 Å². The summed E-state index contributed by atoms with van der Waals surface area (Å²) in [5.74, 6) is 0.598. The molecule has 0 aliphatic heterocycles. The molecular formula is C11H12BrN3O3. The minimum absolute atomic E-state index is 0.281. The number of hydrogen-bond donors (Lipinski definition) is 1. The average Bonchev–Trinajstić information content (AvgIpc) is 2.86. The van der Waals surface area contributed by atoms with Crippen LogP contribution >= 0.6 is 15.9 Å². The van der Waals surface area contributed by atoms with Crippen LogP contribution in [0.5, 0.6) is 0 Å². The third-order valence-electron chi connectivity index (χ3n) is 2.35. The Hall–Kier alpha value is -1.63. The molecule has 0 saturated heterocycles. The Morgan fingerprint density at radius 2 is 2.22 bits per heavy atom. The van der Waals surface area contributed by atoms with Crippen LogP contribution in [0.4, 0.5) is 0 Å². The van der Waals surface area contributed by atoms with E-state index in [0.29, 0.717) is 21.9 Å². The van der Waals surface area contributed by atoms with Gasteiger partial charge in [-0.3, -0.25) is 4.79 Å². The number of amides is 1. The smallest absolute Gasteiger partial charge is 0.256 e. The quantitative estimate of drug-likeness (QED) is 0.941. The van der Waals surface area contributed by atoms with Crippen LogP contribution in [0, 0.1) is 6.92 Å². The Bertz CT molecular complexity index is 574. The summed E-state index contributed by atoms with van der Waals surface area (Å²) in [5, 5.41) is 6.51. The minimum atomic E-state index is -0.755. The molecule has 0 unspecified atom stereocenters. The van der Waals surface area contributed by atoms with Gasteiger partial charge in [0, 0.05) is 0 Å². The van der Waals surface area contributed by atoms with Crippen molar-refractivity contribution in [2.24, 2.45) is 0 Å². The summed E-state index contributed by atoms with van der Waals surface area (Å²) in [6.07, 6.45) is 1.43. The molecule has 0 bridgehead atoms. The van der Waals surface area contributed by atoms with E-state index in [1.54, 1.807) is 26.8 Å². The first-order chi connectivity index (χ1) is 8.40. The highest BCUT2D eigenvalue weighted by atomic mass is 79.9. The van der Waals surface area contributed by atoms with Crippen molar-refractivity contribution in [3.63, 3.8) is 0 Å². The van der Waals surface area contributed by atoms with E-state index >= 15 is 0 Å². The van der Waals surface area contributed by atoms with E-state index in [9.17, 15) is 4.79 Å². The molecule has 1 N–H and O–H groups in total. The lowest BCUT2D eigenvalue weighted by Gasteiger charge is -2.21. The normalized spacial score (nSPS) is 11.6. The topological polar surface area (TPSA) is 81.2 Å². The third kappa shape index (κ3) is 2.45. The molecule has 0 atom stereocenters. The van der Waals surface area contributed by atoms with Crippen LogP contribution in [0.1, 0.15) is 35.9 Å². The minimum Gasteiger partial charge on any atom is -0.457 e. The second-order valence-corrected chi connectivity index (χ2v) is 5.05. The molecule has 0 aromatic carbocycles. The van der Waals surface area contributed by atoms with Gasteiger partial charge in [0.05, 0.1) is 11.8 Å². The largest absolute Gasteiger partial charge is 0.457 e. The van der Waals surface area contributed by atoms with E-state index in [1.807, 2.05) is 0 Å². The number of nitrogens with one attached hydrogen (secondary N) is 1. The van der Waals surface area contributed by atoms with Gasteiger partial charge in [-0.2, -0.15) is 4.98 Å². The van der Waals surface area contributed by atoms with Crippen LogP contribution in [-0.2, 0) is 5.54 Å². The fraction of sp³-hybridized carbons (Fsp3) is 0.364. The Kier molecular flexibility index (Phi) is 3.25. The maximum absolute atomic E-state index is 12.0. The zero-order valence-electron chi connectivity index (χ0n) is 10.2. The third-order valence-corrected chi connectivity index (χ3v) is 2.96. The number of carbonyl (C=O) groups is 1. The molecule has 96 valence electrons. The summed E-state index contributed by atoms with van der Waals surface area (Å²) >= 11 is 3.16. The molecule has 0 saturated carbocycles. The molecule has 2 heterocycles. The van der Waals surface area contributed by atoms with E-state index in [2.05, 4.69) is 31.4 Å². The number of aryl methyl sites for hydroxylation is 1. The van der Waals surface area contributed by atoms with Crippen LogP contribution in [0.15, 0.2) is 25.9 Å². The Balaban J connectivity index is 2.18. The van der Waals surface area contributed by atoms with Crippen LogP contribution in [0.25, 0.3) is 0 Å². The van der Waals surface area contributed by atoms with Crippen molar-refractivity contribution in [2.75, 3.05) is 0 Å². The van der Waals surface area contributed by atoms with E-state index in [-0.39, 0.29) is 5.91 Å². The molecule has 0 radical (unpaired) electrons. The summed E-state index contributed by atoms with van der Waals surface area (Å²) in [6, 6.07) is 1.58. The standard InChI is InChI=1S/C11H12BrN3O3/c1-6-13-10(18-15-6)11(2,3)14-9(16)7-4-5-17-8(7)12/h4-5H,1-3H3,(H,14,16). The number of furan rings is 1. The molecule has 0 fully saturated rings. The summed E-state index contributed by atoms with van der Waals surface area (Å²) in [6.45, 7) is 5.29. The van der Waals surface area contributed by atoms with Crippen LogP contribution in [0.2, 0.25) is 0 Å². The number of aromatic nitrogens is 2. The summed E-state index contributed by atoms with van der Waals surface area (Å²) in [7, 11) is 0. The van der Waals surface area contributed by atoms with Gasteiger partial charge < -0.3 is 14.3 Å². The fourth-order valence-corrected chi connectivity index (χ4v) is 1.83. The molecule has 2 aromatic rings. The highest BCUT2D eigenvalue weighted by molar-refractivity contribution is 9.10. The predicted octanol–water partition coefficient (Wildman–Crippen LogP) is 2.40. The first kappa shape index (κ1) is 12.8. The predicted molar refractivity (Wildman–Crippen MR) is 65.9 cm³/mol. The number of halogens is 1. The fourth-order valence-electron chi connectivity index (χ4n) is 1.41. The van der Waals surface area contributed by atoms with Gasteiger partial charge in [0.1, 0.15) is 5.54 Å². The van der Waals surface area contributed by atoms with Gasteiger partial charge in [0.15, 0.2) is 10.5 Å². The van der Waals surface area contributed by atoms with Gasteiger partial charge in [0.2, 0.25) is 0 Å². The number of nitrogens with zero attached hydrogens (tertiary/aromatic N) is 2. The van der Waals surface area contributed by atoms with E-state index in [0.717, 1.165) is 0 Å². The maximum Gasteiger partial charge on any atom is 0.256 e. The molecule has 0 aliphatic carbocycles. The zero-order chi connectivity index (χ0) is 13.3. The monoisotopic (exact) mass is 313 g/mol. The number of carbonyl (C=O) groups excluding carboxylic acids is 1. The Morgan fingerprint density at radius 1 is 1.50 bits per heavy atom. The van der Waals surface area contributed by atoms with Crippen molar-refractivity contribution in [1.82, 2.24) is 15.5 Å².